The lowest BCUT2D eigenvalue weighted by Gasteiger charge is -2.28. The molecule has 78 valence electrons. The second-order valence-electron chi connectivity index (χ2n) is 4.94. The molecule has 0 radical (unpaired) electrons. The Morgan fingerprint density at radius 3 is 2.69 bits per heavy atom. The second kappa shape index (κ2) is 4.40. The highest BCUT2D eigenvalue weighted by Crippen LogP contribution is 2.21. The molecule has 0 saturated carbocycles. The quantitative estimate of drug-likeness (QED) is 0.663. The molecule has 3 nitrogen and oxygen atoms in total. The number of rotatable bonds is 4. The van der Waals surface area contributed by atoms with E-state index in [-0.39, 0.29) is 5.41 Å². The zero-order valence-corrected chi connectivity index (χ0v) is 8.79. The molecule has 3 heteroatoms. The molecule has 1 aliphatic heterocycles. The maximum absolute atomic E-state index is 8.99. The summed E-state index contributed by atoms with van der Waals surface area (Å²) in [5, 5.41) is 8.99. The van der Waals surface area contributed by atoms with E-state index in [0.717, 1.165) is 32.6 Å². The highest BCUT2D eigenvalue weighted by atomic mass is 16.3. The van der Waals surface area contributed by atoms with Crippen LogP contribution >= 0.6 is 0 Å². The lowest BCUT2D eigenvalue weighted by molar-refractivity contribution is 0.188. The molecule has 0 amide bonds. The maximum Gasteiger partial charge on any atom is 0.0471 e. The minimum Gasteiger partial charge on any atom is -0.396 e. The van der Waals surface area contributed by atoms with E-state index in [1.54, 1.807) is 0 Å². The summed E-state index contributed by atoms with van der Waals surface area (Å²) in [6, 6.07) is 0. The van der Waals surface area contributed by atoms with E-state index in [4.69, 9.17) is 10.8 Å². The predicted molar refractivity (Wildman–Crippen MR) is 54.5 cm³/mol. The van der Waals surface area contributed by atoms with Crippen LogP contribution in [0.25, 0.3) is 0 Å². The third-order valence-electron chi connectivity index (χ3n) is 2.83. The van der Waals surface area contributed by atoms with Gasteiger partial charge in [-0.2, -0.15) is 0 Å². The van der Waals surface area contributed by atoms with Crippen molar-refractivity contribution in [1.82, 2.24) is 4.90 Å². The van der Waals surface area contributed by atoms with Crippen LogP contribution in [0.3, 0.4) is 0 Å². The number of likely N-dealkylation sites (tertiary alicyclic amines) is 1. The molecular weight excluding hydrogens is 164 g/mol. The van der Waals surface area contributed by atoms with Gasteiger partial charge in [0.15, 0.2) is 0 Å². The first kappa shape index (κ1) is 11.0. The molecule has 0 aromatic carbocycles. The number of aliphatic hydroxyl groups is 1. The van der Waals surface area contributed by atoms with E-state index in [1.807, 2.05) is 0 Å². The third-order valence-corrected chi connectivity index (χ3v) is 2.83. The molecule has 0 aliphatic carbocycles. The summed E-state index contributed by atoms with van der Waals surface area (Å²) >= 11 is 0. The van der Waals surface area contributed by atoms with Crippen molar-refractivity contribution in [1.29, 1.82) is 0 Å². The number of nitrogens with two attached hydrogens (primary N) is 1. The first-order chi connectivity index (χ1) is 6.07. The standard InChI is InChI=1S/C10H22N2O/c1-10(2,7-11)8-12-4-3-9(5-12)6-13/h9,13H,3-8,11H2,1-2H3. The molecule has 3 N–H and O–H groups in total. The van der Waals surface area contributed by atoms with Crippen molar-refractivity contribution in [3.8, 4) is 0 Å². The van der Waals surface area contributed by atoms with Gasteiger partial charge >= 0.3 is 0 Å². The molecule has 1 fully saturated rings. The zero-order chi connectivity index (χ0) is 9.90. The van der Waals surface area contributed by atoms with Gasteiger partial charge in [0.05, 0.1) is 0 Å². The van der Waals surface area contributed by atoms with E-state index in [9.17, 15) is 0 Å². The van der Waals surface area contributed by atoms with Gasteiger partial charge in [-0.15, -0.1) is 0 Å². The molecule has 1 unspecified atom stereocenters. The molecule has 1 rings (SSSR count). The molecule has 1 saturated heterocycles. The van der Waals surface area contributed by atoms with Crippen LogP contribution in [-0.4, -0.2) is 42.8 Å². The van der Waals surface area contributed by atoms with Crippen LogP contribution in [0.15, 0.2) is 0 Å². The lowest BCUT2D eigenvalue weighted by atomic mass is 9.93. The fourth-order valence-electron chi connectivity index (χ4n) is 1.88. The highest BCUT2D eigenvalue weighted by Gasteiger charge is 2.26. The first-order valence-electron chi connectivity index (χ1n) is 5.11. The SMILES string of the molecule is CC(C)(CN)CN1CCC(CO)C1. The molecule has 1 atom stereocenters. The minimum absolute atomic E-state index is 0.213. The van der Waals surface area contributed by atoms with E-state index >= 15 is 0 Å². The molecular formula is C10H22N2O. The highest BCUT2D eigenvalue weighted by molar-refractivity contribution is 4.81. The van der Waals surface area contributed by atoms with Gasteiger partial charge < -0.3 is 15.7 Å². The molecule has 1 heterocycles. The van der Waals surface area contributed by atoms with E-state index in [1.165, 1.54) is 0 Å². The smallest absolute Gasteiger partial charge is 0.0471 e. The van der Waals surface area contributed by atoms with Crippen molar-refractivity contribution >= 4 is 0 Å². The molecule has 1 aliphatic rings. The van der Waals surface area contributed by atoms with Crippen LogP contribution in [0, 0.1) is 11.3 Å². The average molecular weight is 186 g/mol. The van der Waals surface area contributed by atoms with Gasteiger partial charge in [0, 0.05) is 19.7 Å². The summed E-state index contributed by atoms with van der Waals surface area (Å²) in [5.74, 6) is 0.494. The van der Waals surface area contributed by atoms with Gasteiger partial charge in [-0.05, 0) is 30.8 Å². The summed E-state index contributed by atoms with van der Waals surface area (Å²) in [6.07, 6.45) is 1.14. The summed E-state index contributed by atoms with van der Waals surface area (Å²) in [5.41, 5.74) is 5.89. The summed E-state index contributed by atoms with van der Waals surface area (Å²) in [7, 11) is 0. The van der Waals surface area contributed by atoms with Crippen molar-refractivity contribution in [2.45, 2.75) is 20.3 Å². The Hall–Kier alpha value is -0.120. The van der Waals surface area contributed by atoms with E-state index in [2.05, 4.69) is 18.7 Å². The fraction of sp³-hybridized carbons (Fsp3) is 1.00. The Balaban J connectivity index is 2.31. The maximum atomic E-state index is 8.99. The Morgan fingerprint density at radius 1 is 1.54 bits per heavy atom. The minimum atomic E-state index is 0.213. The van der Waals surface area contributed by atoms with Gasteiger partial charge in [-0.1, -0.05) is 13.8 Å². The van der Waals surface area contributed by atoms with Gasteiger partial charge in [0.1, 0.15) is 0 Å². The molecule has 0 spiro atoms. The summed E-state index contributed by atoms with van der Waals surface area (Å²) in [6.45, 7) is 8.67. The number of hydrogen-bond donors (Lipinski definition) is 2. The predicted octanol–water partition coefficient (Wildman–Crippen LogP) is 0.285. The Morgan fingerprint density at radius 2 is 2.23 bits per heavy atom. The van der Waals surface area contributed by atoms with E-state index < -0.39 is 0 Å². The number of aliphatic hydroxyl groups excluding tert-OH is 1. The van der Waals surface area contributed by atoms with Crippen LogP contribution in [0.2, 0.25) is 0 Å². The van der Waals surface area contributed by atoms with Crippen molar-refractivity contribution in [2.24, 2.45) is 17.1 Å². The molecule has 0 bridgehead atoms. The van der Waals surface area contributed by atoms with Crippen molar-refractivity contribution in [3.05, 3.63) is 0 Å². The summed E-state index contributed by atoms with van der Waals surface area (Å²) < 4.78 is 0. The van der Waals surface area contributed by atoms with Crippen molar-refractivity contribution in [3.63, 3.8) is 0 Å². The van der Waals surface area contributed by atoms with Crippen LogP contribution in [0.4, 0.5) is 0 Å². The van der Waals surface area contributed by atoms with Crippen LogP contribution < -0.4 is 5.73 Å². The van der Waals surface area contributed by atoms with Gasteiger partial charge in [-0.25, -0.2) is 0 Å². The average Bonchev–Trinajstić information content (AvgIpc) is 2.52. The van der Waals surface area contributed by atoms with Crippen molar-refractivity contribution < 1.29 is 5.11 Å². The Kier molecular flexibility index (Phi) is 3.71. The van der Waals surface area contributed by atoms with Crippen LogP contribution in [0.5, 0.6) is 0 Å². The van der Waals surface area contributed by atoms with Crippen LogP contribution in [-0.2, 0) is 0 Å². The molecule has 0 aromatic rings. The van der Waals surface area contributed by atoms with Crippen LogP contribution in [0.1, 0.15) is 20.3 Å². The molecule has 0 aromatic heterocycles. The number of nitrogens with zero attached hydrogens (tertiary/aromatic N) is 1. The Bertz CT molecular complexity index is 159. The van der Waals surface area contributed by atoms with Gasteiger partial charge in [-0.3, -0.25) is 0 Å². The van der Waals surface area contributed by atoms with E-state index in [0.29, 0.717) is 12.5 Å². The topological polar surface area (TPSA) is 49.5 Å². The van der Waals surface area contributed by atoms with Gasteiger partial charge in [0.2, 0.25) is 0 Å². The fourth-order valence-corrected chi connectivity index (χ4v) is 1.88. The van der Waals surface area contributed by atoms with Gasteiger partial charge in [0.25, 0.3) is 0 Å². The normalized spacial score (nSPS) is 25.4. The number of hydrogen-bond acceptors (Lipinski definition) is 3. The van der Waals surface area contributed by atoms with Crippen molar-refractivity contribution in [2.75, 3.05) is 32.8 Å². The lowest BCUT2D eigenvalue weighted by Crippen LogP contribution is -2.37. The largest absolute Gasteiger partial charge is 0.396 e. The summed E-state index contributed by atoms with van der Waals surface area (Å²) in [4.78, 5) is 2.41. The Labute approximate surface area is 80.9 Å². The molecule has 13 heavy (non-hydrogen) atoms. The third kappa shape index (κ3) is 3.25. The second-order valence-corrected chi connectivity index (χ2v) is 4.94. The monoisotopic (exact) mass is 186 g/mol. The zero-order valence-electron chi connectivity index (χ0n) is 8.79. The first-order valence-corrected chi connectivity index (χ1v) is 5.11.